The average molecular weight is 829 g/mol. The van der Waals surface area contributed by atoms with Crippen molar-refractivity contribution in [1.29, 1.82) is 0 Å². The van der Waals surface area contributed by atoms with Gasteiger partial charge in [-0.05, 0) is 59.8 Å². The number of pyridine rings is 2. The summed E-state index contributed by atoms with van der Waals surface area (Å²) >= 11 is 5.16. The first-order valence-electron chi connectivity index (χ1n) is 18.3. The lowest BCUT2D eigenvalue weighted by atomic mass is 10.1. The molecule has 0 saturated carbocycles. The van der Waals surface area contributed by atoms with Crippen molar-refractivity contribution in [1.82, 2.24) is 9.13 Å². The van der Waals surface area contributed by atoms with Gasteiger partial charge in [-0.25, -0.2) is 18.4 Å². The van der Waals surface area contributed by atoms with Gasteiger partial charge in [0, 0.05) is 61.5 Å². The summed E-state index contributed by atoms with van der Waals surface area (Å²) in [5.41, 5.74) is -0.0848. The molecule has 0 aliphatic carbocycles. The molecule has 4 aromatic carbocycles. The minimum Gasteiger partial charge on any atom is -0.477 e. The quantitative estimate of drug-likeness (QED) is 0.115. The van der Waals surface area contributed by atoms with Crippen LogP contribution in [0.1, 0.15) is 69.1 Å². The van der Waals surface area contributed by atoms with Crippen molar-refractivity contribution in [3.05, 3.63) is 152 Å². The summed E-state index contributed by atoms with van der Waals surface area (Å²) < 4.78 is 32.0. The number of nitrogens with one attached hydrogen (secondary N) is 1. The van der Waals surface area contributed by atoms with Crippen molar-refractivity contribution in [2.45, 2.75) is 40.8 Å². The minimum absolute atomic E-state index is 0.00586. The largest absolute Gasteiger partial charge is 0.477 e. The molecule has 1 amide bonds. The van der Waals surface area contributed by atoms with E-state index < -0.39 is 51.1 Å². The van der Waals surface area contributed by atoms with Gasteiger partial charge in [0.25, 0.3) is 11.1 Å². The van der Waals surface area contributed by atoms with Crippen molar-refractivity contribution in [3.8, 4) is 0 Å². The molecular formula is C44H43ClF2N4O8. The molecule has 15 heteroatoms. The van der Waals surface area contributed by atoms with Crippen molar-refractivity contribution in [2.75, 3.05) is 24.3 Å². The van der Waals surface area contributed by atoms with Crippen LogP contribution in [0.25, 0.3) is 21.8 Å². The number of carboxylic acids is 2. The smallest absolute Gasteiger partial charge is 0.341 e. The topological polar surface area (TPSA) is 168 Å². The first-order chi connectivity index (χ1) is 27.9. The van der Waals surface area contributed by atoms with E-state index in [9.17, 15) is 42.7 Å². The Hall–Kier alpha value is -6.67. The Labute approximate surface area is 342 Å². The summed E-state index contributed by atoms with van der Waals surface area (Å²) in [6.45, 7) is 8.81. The first kappa shape index (κ1) is 45.0. The van der Waals surface area contributed by atoms with Crippen molar-refractivity contribution < 1.29 is 38.2 Å². The van der Waals surface area contributed by atoms with E-state index in [1.54, 1.807) is 70.8 Å². The van der Waals surface area contributed by atoms with Crippen LogP contribution in [0, 0.1) is 23.5 Å². The number of carbonyl (C=O) groups excluding carboxylic acids is 2. The fraction of sp³-hybridized carbons (Fsp3) is 0.227. The van der Waals surface area contributed by atoms with Crippen LogP contribution in [0.5, 0.6) is 0 Å². The molecule has 3 N–H and O–H groups in total. The number of carbonyl (C=O) groups is 4. The molecule has 6 aromatic rings. The molecule has 308 valence electrons. The highest BCUT2D eigenvalue weighted by molar-refractivity contribution is 6.67. The van der Waals surface area contributed by atoms with E-state index in [0.717, 1.165) is 12.1 Å². The van der Waals surface area contributed by atoms with Crippen LogP contribution in [-0.2, 0) is 13.1 Å². The monoisotopic (exact) mass is 828 g/mol. The lowest BCUT2D eigenvalue weighted by molar-refractivity contribution is 0.0684. The second-order valence-electron chi connectivity index (χ2n) is 14.2. The number of amides is 1. The number of benzene rings is 4. The highest BCUT2D eigenvalue weighted by Gasteiger charge is 2.22. The SMILES string of the molecule is CC(C)Cn1cc(C(=O)O)c(=O)c2cc(F)c(N(C)C(=O)c3ccccc3)cc21.CNc1cc2c(cc1F)c(=O)c(C(=O)O)cn2CC(C)C.O=C(Cl)c1ccccc1. The minimum atomic E-state index is -1.37. The van der Waals surface area contributed by atoms with Crippen LogP contribution >= 0.6 is 11.6 Å². The van der Waals surface area contributed by atoms with Gasteiger partial charge in [0.2, 0.25) is 10.9 Å². The van der Waals surface area contributed by atoms with Gasteiger partial charge in [-0.3, -0.25) is 19.2 Å². The second-order valence-corrected chi connectivity index (χ2v) is 14.6. The lowest BCUT2D eigenvalue weighted by Gasteiger charge is -2.21. The Kier molecular flexibility index (Phi) is 15.0. The molecule has 0 unspecified atom stereocenters. The number of nitrogens with zero attached hydrogens (tertiary/aromatic N) is 3. The third kappa shape index (κ3) is 10.8. The predicted molar refractivity (Wildman–Crippen MR) is 225 cm³/mol. The van der Waals surface area contributed by atoms with Gasteiger partial charge < -0.3 is 29.6 Å². The Morgan fingerprint density at radius 2 is 1.12 bits per heavy atom. The van der Waals surface area contributed by atoms with Crippen LogP contribution in [0.15, 0.2) is 107 Å². The number of aromatic carboxylic acids is 2. The highest BCUT2D eigenvalue weighted by Crippen LogP contribution is 2.27. The molecule has 0 aliphatic rings. The van der Waals surface area contributed by atoms with Gasteiger partial charge in [-0.2, -0.15) is 0 Å². The van der Waals surface area contributed by atoms with Crippen molar-refractivity contribution in [3.63, 3.8) is 0 Å². The summed E-state index contributed by atoms with van der Waals surface area (Å²) in [4.78, 5) is 71.7. The number of anilines is 2. The number of fused-ring (bicyclic) bond motifs is 2. The van der Waals surface area contributed by atoms with E-state index in [1.165, 1.54) is 36.5 Å². The number of rotatable bonds is 10. The predicted octanol–water partition coefficient (Wildman–Crippen LogP) is 8.37. The van der Waals surface area contributed by atoms with Crippen LogP contribution < -0.4 is 21.1 Å². The van der Waals surface area contributed by atoms with E-state index >= 15 is 0 Å². The highest BCUT2D eigenvalue weighted by atomic mass is 35.5. The van der Waals surface area contributed by atoms with Gasteiger partial charge in [-0.15, -0.1) is 0 Å². The third-order valence-electron chi connectivity index (χ3n) is 8.86. The maximum absolute atomic E-state index is 14.9. The van der Waals surface area contributed by atoms with Crippen LogP contribution in [0.2, 0.25) is 0 Å². The standard InChI is InChI=1S/C22H21FN2O4.C15H17FN2O3.C7H5ClO/c1-13(2)11-25-12-16(22(28)29)20(26)15-9-17(23)19(10-18(15)25)24(3)21(27)14-7-5-4-6-8-14;1-8(2)6-18-7-10(15(20)21)14(19)9-4-11(16)12(17-3)5-13(9)18;8-7(9)6-4-2-1-3-5-6/h4-10,12-13H,11H2,1-3H3,(H,28,29);4-5,7-8,17H,6H2,1-3H3,(H,20,21);1-5H. The van der Waals surface area contributed by atoms with E-state index in [4.69, 9.17) is 16.7 Å². The van der Waals surface area contributed by atoms with E-state index in [-0.39, 0.29) is 39.5 Å². The summed E-state index contributed by atoms with van der Waals surface area (Å²) in [7, 11) is 3.04. The number of hydrogen-bond acceptors (Lipinski definition) is 7. The van der Waals surface area contributed by atoms with Gasteiger partial charge in [-0.1, -0.05) is 76.2 Å². The second kappa shape index (κ2) is 19.7. The van der Waals surface area contributed by atoms with E-state index in [2.05, 4.69) is 5.32 Å². The van der Waals surface area contributed by atoms with Crippen LogP contribution in [0.4, 0.5) is 20.2 Å². The van der Waals surface area contributed by atoms with E-state index in [0.29, 0.717) is 35.2 Å². The molecule has 12 nitrogen and oxygen atoms in total. The van der Waals surface area contributed by atoms with Gasteiger partial charge in [0.15, 0.2) is 0 Å². The molecule has 0 spiro atoms. The maximum atomic E-state index is 14.9. The summed E-state index contributed by atoms with van der Waals surface area (Å²) in [5, 5.41) is 20.8. The third-order valence-corrected chi connectivity index (χ3v) is 9.08. The van der Waals surface area contributed by atoms with Gasteiger partial charge in [0.05, 0.1) is 22.4 Å². The zero-order valence-corrected chi connectivity index (χ0v) is 33.9. The fourth-order valence-electron chi connectivity index (χ4n) is 6.10. The molecule has 2 aromatic heterocycles. The molecular weight excluding hydrogens is 786 g/mol. The van der Waals surface area contributed by atoms with Crippen LogP contribution in [-0.4, -0.2) is 56.5 Å². The molecule has 0 fully saturated rings. The Morgan fingerprint density at radius 1 is 0.695 bits per heavy atom. The zero-order chi connectivity index (χ0) is 43.7. The molecule has 6 rings (SSSR count). The molecule has 0 bridgehead atoms. The Balaban J connectivity index is 0.000000222. The number of aromatic nitrogens is 2. The zero-order valence-electron chi connectivity index (χ0n) is 33.1. The number of carboxylic acid groups (broad SMARTS) is 2. The summed E-state index contributed by atoms with van der Waals surface area (Å²) in [6.07, 6.45) is 2.60. The average Bonchev–Trinajstić information content (AvgIpc) is 3.19. The molecule has 0 aliphatic heterocycles. The van der Waals surface area contributed by atoms with Gasteiger partial charge in [0.1, 0.15) is 22.8 Å². The maximum Gasteiger partial charge on any atom is 0.341 e. The Morgan fingerprint density at radius 3 is 1.51 bits per heavy atom. The molecule has 0 saturated heterocycles. The van der Waals surface area contributed by atoms with Crippen molar-refractivity contribution >= 4 is 67.9 Å². The summed E-state index contributed by atoms with van der Waals surface area (Å²) in [6, 6.07) is 22.2. The molecule has 0 radical (unpaired) electrons. The first-order valence-corrected chi connectivity index (χ1v) is 18.7. The molecule has 0 atom stereocenters. The lowest BCUT2D eigenvalue weighted by Crippen LogP contribution is -2.27. The number of hydrogen-bond donors (Lipinski definition) is 3. The molecule has 2 heterocycles. The molecule has 59 heavy (non-hydrogen) atoms. The number of halogens is 3. The van der Waals surface area contributed by atoms with Crippen molar-refractivity contribution in [2.24, 2.45) is 11.8 Å². The fourth-order valence-corrected chi connectivity index (χ4v) is 6.23. The normalized spacial score (nSPS) is 10.8. The Bertz CT molecular complexity index is 2650. The summed E-state index contributed by atoms with van der Waals surface area (Å²) in [5.74, 6) is -4.03. The van der Waals surface area contributed by atoms with E-state index in [1.807, 2.05) is 33.8 Å². The van der Waals surface area contributed by atoms with Gasteiger partial charge >= 0.3 is 11.9 Å². The van der Waals surface area contributed by atoms with Crippen LogP contribution in [0.3, 0.4) is 0 Å².